The van der Waals surface area contributed by atoms with Gasteiger partial charge in [0.25, 0.3) is 0 Å². The van der Waals surface area contributed by atoms with Gasteiger partial charge in [-0.2, -0.15) is 0 Å². The Balaban J connectivity index is 2.22. The van der Waals surface area contributed by atoms with E-state index < -0.39 is 0 Å². The number of halogens is 1. The minimum absolute atomic E-state index is 0.0000743. The highest BCUT2D eigenvalue weighted by molar-refractivity contribution is 6.32. The van der Waals surface area contributed by atoms with Crippen molar-refractivity contribution in [3.63, 3.8) is 0 Å². The maximum Gasteiger partial charge on any atom is 0.228 e. The Morgan fingerprint density at radius 2 is 1.78 bits per heavy atom. The quantitative estimate of drug-likeness (QED) is 0.796. The number of rotatable bonds is 5. The summed E-state index contributed by atoms with van der Waals surface area (Å²) in [5.74, 6) is -0.0000743. The van der Waals surface area contributed by atoms with E-state index in [1.807, 2.05) is 18.2 Å². The topological polar surface area (TPSA) is 29.1 Å². The summed E-state index contributed by atoms with van der Waals surface area (Å²) in [4.78, 5) is 12.5. The molecule has 0 saturated heterocycles. The summed E-state index contributed by atoms with van der Waals surface area (Å²) >= 11 is 6.29. The monoisotopic (exact) mass is 329 g/mol. The van der Waals surface area contributed by atoms with E-state index in [2.05, 4.69) is 45.1 Å². The molecule has 2 rings (SSSR count). The zero-order valence-electron chi connectivity index (χ0n) is 14.3. The van der Waals surface area contributed by atoms with Crippen LogP contribution in [0.3, 0.4) is 0 Å². The number of hydrogen-bond acceptors (Lipinski definition) is 1. The zero-order chi connectivity index (χ0) is 17.0. The average molecular weight is 330 g/mol. The van der Waals surface area contributed by atoms with Crippen molar-refractivity contribution < 1.29 is 4.79 Å². The zero-order valence-corrected chi connectivity index (χ0v) is 15.1. The van der Waals surface area contributed by atoms with E-state index in [0.29, 0.717) is 11.4 Å². The molecule has 1 N–H and O–H groups in total. The number of hydrogen-bond donors (Lipinski definition) is 1. The Bertz CT molecular complexity index is 722. The Morgan fingerprint density at radius 1 is 1.04 bits per heavy atom. The first kappa shape index (κ1) is 17.6. The molecule has 2 nitrogen and oxygen atoms in total. The van der Waals surface area contributed by atoms with E-state index >= 15 is 0 Å². The first-order valence-corrected chi connectivity index (χ1v) is 8.50. The maximum absolute atomic E-state index is 12.5. The summed E-state index contributed by atoms with van der Waals surface area (Å²) in [6.07, 6.45) is 2.04. The van der Waals surface area contributed by atoms with Crippen molar-refractivity contribution in [3.05, 3.63) is 63.2 Å². The summed E-state index contributed by atoms with van der Waals surface area (Å²) in [6.45, 7) is 8.28. The molecule has 0 aliphatic heterocycles. The SMILES string of the molecule is CCc1ccc(Cl)c(CC)c1NC(=O)Cc1ccc(C)c(C)c1. The molecular weight excluding hydrogens is 306 g/mol. The standard InChI is InChI=1S/C20H24ClNO/c1-5-16-9-10-18(21)17(6-2)20(16)22-19(23)12-15-8-7-13(3)14(4)11-15/h7-11H,5-6,12H2,1-4H3,(H,22,23). The largest absolute Gasteiger partial charge is 0.325 e. The molecule has 122 valence electrons. The van der Waals surface area contributed by atoms with E-state index in [4.69, 9.17) is 11.6 Å². The fraction of sp³-hybridized carbons (Fsp3) is 0.350. The van der Waals surface area contributed by atoms with E-state index in [1.165, 1.54) is 11.1 Å². The predicted molar refractivity (Wildman–Crippen MR) is 98.5 cm³/mol. The maximum atomic E-state index is 12.5. The van der Waals surface area contributed by atoms with Gasteiger partial charge < -0.3 is 5.32 Å². The molecule has 0 aromatic heterocycles. The molecule has 0 aliphatic rings. The van der Waals surface area contributed by atoms with Gasteiger partial charge in [-0.25, -0.2) is 0 Å². The van der Waals surface area contributed by atoms with Crippen LogP contribution in [0.15, 0.2) is 30.3 Å². The molecule has 0 radical (unpaired) electrons. The first-order chi connectivity index (χ1) is 11.0. The lowest BCUT2D eigenvalue weighted by atomic mass is 10.0. The van der Waals surface area contributed by atoms with Gasteiger partial charge in [-0.05, 0) is 60.6 Å². The molecular formula is C20H24ClNO. The number of carbonyl (C=O) groups excluding carboxylic acids is 1. The summed E-state index contributed by atoms with van der Waals surface area (Å²) < 4.78 is 0. The van der Waals surface area contributed by atoms with Crippen LogP contribution in [0, 0.1) is 13.8 Å². The molecule has 0 aliphatic carbocycles. The summed E-state index contributed by atoms with van der Waals surface area (Å²) in [5.41, 5.74) is 6.51. The molecule has 0 fully saturated rings. The number of benzene rings is 2. The van der Waals surface area contributed by atoms with Crippen molar-refractivity contribution in [2.24, 2.45) is 0 Å². The third-order valence-electron chi connectivity index (χ3n) is 4.28. The lowest BCUT2D eigenvalue weighted by Gasteiger charge is -2.16. The van der Waals surface area contributed by atoms with Gasteiger partial charge in [-0.1, -0.05) is 49.7 Å². The van der Waals surface area contributed by atoms with Crippen LogP contribution in [0.5, 0.6) is 0 Å². The average Bonchev–Trinajstić information content (AvgIpc) is 2.51. The van der Waals surface area contributed by atoms with E-state index in [0.717, 1.165) is 35.2 Å². The third-order valence-corrected chi connectivity index (χ3v) is 4.63. The first-order valence-electron chi connectivity index (χ1n) is 8.12. The van der Waals surface area contributed by atoms with Crippen LogP contribution in [0.1, 0.15) is 41.7 Å². The van der Waals surface area contributed by atoms with Crippen LogP contribution < -0.4 is 5.32 Å². The molecule has 0 heterocycles. The predicted octanol–water partition coefficient (Wildman–Crippen LogP) is 5.26. The Kier molecular flexibility index (Phi) is 5.84. The third kappa shape index (κ3) is 4.14. The Labute approximate surface area is 143 Å². The van der Waals surface area contributed by atoms with Crippen LogP contribution in [-0.4, -0.2) is 5.91 Å². The fourth-order valence-electron chi connectivity index (χ4n) is 2.75. The second-order valence-electron chi connectivity index (χ2n) is 5.91. The molecule has 0 atom stereocenters. The van der Waals surface area contributed by atoms with Gasteiger partial charge in [-0.3, -0.25) is 4.79 Å². The molecule has 1 amide bonds. The highest BCUT2D eigenvalue weighted by atomic mass is 35.5. The van der Waals surface area contributed by atoms with Gasteiger partial charge in [0.1, 0.15) is 0 Å². The molecule has 3 heteroatoms. The van der Waals surface area contributed by atoms with Crippen molar-refractivity contribution in [2.75, 3.05) is 5.32 Å². The summed E-state index contributed by atoms with van der Waals surface area (Å²) in [5, 5.41) is 3.80. The minimum atomic E-state index is -0.0000743. The van der Waals surface area contributed by atoms with Crippen molar-refractivity contribution in [3.8, 4) is 0 Å². The number of carbonyl (C=O) groups is 1. The highest BCUT2D eigenvalue weighted by Crippen LogP contribution is 2.29. The smallest absolute Gasteiger partial charge is 0.228 e. The normalized spacial score (nSPS) is 10.7. The molecule has 0 saturated carbocycles. The second kappa shape index (κ2) is 7.65. The van der Waals surface area contributed by atoms with Crippen LogP contribution in [-0.2, 0) is 24.1 Å². The van der Waals surface area contributed by atoms with Gasteiger partial charge in [0.15, 0.2) is 0 Å². The Morgan fingerprint density at radius 3 is 2.39 bits per heavy atom. The lowest BCUT2D eigenvalue weighted by molar-refractivity contribution is -0.115. The molecule has 0 unspecified atom stereocenters. The van der Waals surface area contributed by atoms with Crippen LogP contribution in [0.2, 0.25) is 5.02 Å². The molecule has 23 heavy (non-hydrogen) atoms. The van der Waals surface area contributed by atoms with Crippen LogP contribution in [0.4, 0.5) is 5.69 Å². The minimum Gasteiger partial charge on any atom is -0.325 e. The van der Waals surface area contributed by atoms with Gasteiger partial charge in [-0.15, -0.1) is 0 Å². The van der Waals surface area contributed by atoms with Crippen molar-refractivity contribution in [2.45, 2.75) is 47.0 Å². The van der Waals surface area contributed by atoms with Gasteiger partial charge >= 0.3 is 0 Å². The number of amides is 1. The molecule has 0 spiro atoms. The number of nitrogens with one attached hydrogen (secondary N) is 1. The van der Waals surface area contributed by atoms with Crippen LogP contribution >= 0.6 is 11.6 Å². The summed E-state index contributed by atoms with van der Waals surface area (Å²) in [6, 6.07) is 10.1. The molecule has 0 bridgehead atoms. The van der Waals surface area contributed by atoms with Crippen LogP contribution in [0.25, 0.3) is 0 Å². The fourth-order valence-corrected chi connectivity index (χ4v) is 3.04. The molecule has 2 aromatic rings. The van der Waals surface area contributed by atoms with E-state index in [1.54, 1.807) is 0 Å². The number of anilines is 1. The van der Waals surface area contributed by atoms with Crippen molar-refractivity contribution in [1.82, 2.24) is 0 Å². The molecule has 2 aromatic carbocycles. The number of aryl methyl sites for hydroxylation is 3. The highest BCUT2D eigenvalue weighted by Gasteiger charge is 2.13. The lowest BCUT2D eigenvalue weighted by Crippen LogP contribution is -2.17. The van der Waals surface area contributed by atoms with Crippen molar-refractivity contribution in [1.29, 1.82) is 0 Å². The Hall–Kier alpha value is -1.80. The van der Waals surface area contributed by atoms with E-state index in [-0.39, 0.29) is 5.91 Å². The van der Waals surface area contributed by atoms with Gasteiger partial charge in [0, 0.05) is 10.7 Å². The second-order valence-corrected chi connectivity index (χ2v) is 6.32. The van der Waals surface area contributed by atoms with Gasteiger partial charge in [0.2, 0.25) is 5.91 Å². The summed E-state index contributed by atoms with van der Waals surface area (Å²) in [7, 11) is 0. The van der Waals surface area contributed by atoms with Gasteiger partial charge in [0.05, 0.1) is 6.42 Å². The van der Waals surface area contributed by atoms with E-state index in [9.17, 15) is 4.79 Å². The van der Waals surface area contributed by atoms with Crippen molar-refractivity contribution >= 4 is 23.2 Å².